The molecule has 0 aromatic heterocycles. The van der Waals surface area contributed by atoms with Gasteiger partial charge in [-0.25, -0.2) is 4.79 Å². The number of hydrogen-bond donors (Lipinski definition) is 1. The van der Waals surface area contributed by atoms with Gasteiger partial charge in [0, 0.05) is 32.4 Å². The summed E-state index contributed by atoms with van der Waals surface area (Å²) in [6, 6.07) is 17.2. The average molecular weight is 464 g/mol. The third-order valence-electron chi connectivity index (χ3n) is 6.97. The molecule has 4 unspecified atom stereocenters. The van der Waals surface area contributed by atoms with Crippen molar-refractivity contribution >= 4 is 17.6 Å². The molecule has 3 heterocycles. The van der Waals surface area contributed by atoms with E-state index in [1.807, 2.05) is 42.5 Å². The first kappa shape index (κ1) is 22.7. The van der Waals surface area contributed by atoms with Gasteiger partial charge in [0.2, 0.25) is 0 Å². The van der Waals surface area contributed by atoms with Gasteiger partial charge in [-0.2, -0.15) is 0 Å². The molecule has 4 atom stereocenters. The van der Waals surface area contributed by atoms with Crippen LogP contribution in [0.25, 0.3) is 0 Å². The fourth-order valence-electron chi connectivity index (χ4n) is 5.27. The Morgan fingerprint density at radius 2 is 1.71 bits per heavy atom. The summed E-state index contributed by atoms with van der Waals surface area (Å²) in [6.07, 6.45) is 1.27. The Labute approximate surface area is 201 Å². The summed E-state index contributed by atoms with van der Waals surface area (Å²) in [5.41, 5.74) is 1.05. The number of amides is 3. The SMILES string of the molecule is CCCCN1C(=O)C2C(NC3N(c4ccc(Oc5ccccc5)cc4)CC(C)CN23)N(C)C1=O. The maximum Gasteiger partial charge on any atom is 0.327 e. The smallest absolute Gasteiger partial charge is 0.327 e. The van der Waals surface area contributed by atoms with Crippen LogP contribution in [0.5, 0.6) is 11.5 Å². The molecule has 1 N–H and O–H groups in total. The molecule has 0 bridgehead atoms. The van der Waals surface area contributed by atoms with Crippen molar-refractivity contribution < 1.29 is 14.3 Å². The summed E-state index contributed by atoms with van der Waals surface area (Å²) in [4.78, 5) is 34.1. The number of nitrogens with one attached hydrogen (secondary N) is 1. The molecule has 8 heteroatoms. The van der Waals surface area contributed by atoms with E-state index in [1.54, 1.807) is 11.9 Å². The topological polar surface area (TPSA) is 68.4 Å². The van der Waals surface area contributed by atoms with Crippen LogP contribution in [0.4, 0.5) is 10.5 Å². The van der Waals surface area contributed by atoms with Crippen molar-refractivity contribution in [2.45, 2.75) is 45.2 Å². The predicted molar refractivity (Wildman–Crippen MR) is 130 cm³/mol. The predicted octanol–water partition coefficient (Wildman–Crippen LogP) is 3.51. The molecule has 3 amide bonds. The van der Waals surface area contributed by atoms with Crippen molar-refractivity contribution in [3.05, 3.63) is 54.6 Å². The minimum absolute atomic E-state index is 0.0859. The first-order chi connectivity index (χ1) is 16.5. The van der Waals surface area contributed by atoms with Crippen molar-refractivity contribution in [2.24, 2.45) is 5.92 Å². The number of hydrogen-bond acceptors (Lipinski definition) is 6. The van der Waals surface area contributed by atoms with Crippen molar-refractivity contribution in [2.75, 3.05) is 31.6 Å². The number of imide groups is 1. The third kappa shape index (κ3) is 4.01. The highest BCUT2D eigenvalue weighted by molar-refractivity contribution is 6.00. The van der Waals surface area contributed by atoms with E-state index >= 15 is 0 Å². The zero-order valence-electron chi connectivity index (χ0n) is 20.1. The Hall–Kier alpha value is -3.10. The molecule has 2 aromatic rings. The largest absolute Gasteiger partial charge is 0.457 e. The van der Waals surface area contributed by atoms with Crippen LogP contribution in [0.3, 0.4) is 0 Å². The lowest BCUT2D eigenvalue weighted by molar-refractivity contribution is -0.138. The van der Waals surface area contributed by atoms with Crippen LogP contribution < -0.4 is 15.0 Å². The monoisotopic (exact) mass is 463 g/mol. The van der Waals surface area contributed by atoms with Gasteiger partial charge in [0.15, 0.2) is 0 Å². The van der Waals surface area contributed by atoms with Crippen LogP contribution in [0.1, 0.15) is 26.7 Å². The molecule has 3 saturated heterocycles. The van der Waals surface area contributed by atoms with E-state index in [-0.39, 0.29) is 30.4 Å². The highest BCUT2D eigenvalue weighted by atomic mass is 16.5. The molecule has 0 spiro atoms. The number of carbonyl (C=O) groups is 2. The van der Waals surface area contributed by atoms with E-state index in [2.05, 4.69) is 41.1 Å². The Morgan fingerprint density at radius 1 is 1.00 bits per heavy atom. The number of likely N-dealkylation sites (N-methyl/N-ethyl adjacent to an activating group) is 1. The number of para-hydroxylation sites is 1. The zero-order chi connectivity index (χ0) is 23.8. The lowest BCUT2D eigenvalue weighted by Gasteiger charge is -2.46. The number of unbranched alkanes of at least 4 members (excludes halogenated alkanes) is 1. The Bertz CT molecular complexity index is 1030. The van der Waals surface area contributed by atoms with Gasteiger partial charge < -0.3 is 14.5 Å². The van der Waals surface area contributed by atoms with Gasteiger partial charge in [0.25, 0.3) is 5.91 Å². The number of nitrogens with zero attached hydrogens (tertiary/aromatic N) is 4. The van der Waals surface area contributed by atoms with E-state index in [9.17, 15) is 9.59 Å². The average Bonchev–Trinajstić information content (AvgIpc) is 3.23. The summed E-state index contributed by atoms with van der Waals surface area (Å²) in [5.74, 6) is 1.86. The van der Waals surface area contributed by atoms with Crippen LogP contribution >= 0.6 is 0 Å². The first-order valence-corrected chi connectivity index (χ1v) is 12.2. The molecule has 0 saturated carbocycles. The van der Waals surface area contributed by atoms with Gasteiger partial charge in [-0.3, -0.25) is 19.9 Å². The molecular formula is C26H33N5O3. The highest BCUT2D eigenvalue weighted by Crippen LogP contribution is 2.35. The van der Waals surface area contributed by atoms with Crippen molar-refractivity contribution in [3.8, 4) is 11.5 Å². The molecule has 8 nitrogen and oxygen atoms in total. The van der Waals surface area contributed by atoms with E-state index < -0.39 is 0 Å². The van der Waals surface area contributed by atoms with Gasteiger partial charge in [-0.1, -0.05) is 38.5 Å². The molecule has 3 fully saturated rings. The second kappa shape index (κ2) is 9.27. The molecule has 3 aliphatic heterocycles. The molecule has 3 aliphatic rings. The Kier molecular flexibility index (Phi) is 6.18. The molecule has 2 aromatic carbocycles. The lowest BCUT2D eigenvalue weighted by atomic mass is 10.0. The van der Waals surface area contributed by atoms with Crippen LogP contribution in [0, 0.1) is 5.92 Å². The van der Waals surface area contributed by atoms with Crippen molar-refractivity contribution in [3.63, 3.8) is 0 Å². The first-order valence-electron chi connectivity index (χ1n) is 12.2. The fourth-order valence-corrected chi connectivity index (χ4v) is 5.27. The summed E-state index contributed by atoms with van der Waals surface area (Å²) in [6.45, 7) is 6.42. The lowest BCUT2D eigenvalue weighted by Crippen LogP contribution is -2.66. The quantitative estimate of drug-likeness (QED) is 0.707. The number of anilines is 1. The summed E-state index contributed by atoms with van der Waals surface area (Å²) >= 11 is 0. The van der Waals surface area contributed by atoms with Gasteiger partial charge >= 0.3 is 6.03 Å². The zero-order valence-corrected chi connectivity index (χ0v) is 20.1. The summed E-state index contributed by atoms with van der Waals surface area (Å²) in [7, 11) is 1.79. The second-order valence-electron chi connectivity index (χ2n) is 9.53. The maximum absolute atomic E-state index is 13.5. The normalized spacial score (nSPS) is 27.1. The third-order valence-corrected chi connectivity index (χ3v) is 6.97. The number of carbonyl (C=O) groups excluding carboxylic acids is 2. The second-order valence-corrected chi connectivity index (χ2v) is 9.53. The van der Waals surface area contributed by atoms with Gasteiger partial charge in [0.1, 0.15) is 30.0 Å². The van der Waals surface area contributed by atoms with Crippen molar-refractivity contribution in [1.82, 2.24) is 20.0 Å². The minimum Gasteiger partial charge on any atom is -0.457 e. The number of rotatable bonds is 6. The highest BCUT2D eigenvalue weighted by Gasteiger charge is 2.56. The van der Waals surface area contributed by atoms with Gasteiger partial charge in [-0.15, -0.1) is 0 Å². The van der Waals surface area contributed by atoms with E-state index in [0.717, 1.165) is 43.1 Å². The Morgan fingerprint density at radius 3 is 2.41 bits per heavy atom. The maximum atomic E-state index is 13.5. The molecule has 180 valence electrons. The van der Waals surface area contributed by atoms with Crippen molar-refractivity contribution in [1.29, 1.82) is 0 Å². The Balaban J connectivity index is 1.38. The molecule has 34 heavy (non-hydrogen) atoms. The fraction of sp³-hybridized carbons (Fsp3) is 0.462. The number of fused-ring (bicyclic) bond motifs is 3. The van der Waals surface area contributed by atoms with E-state index in [1.165, 1.54) is 4.90 Å². The molecular weight excluding hydrogens is 430 g/mol. The van der Waals surface area contributed by atoms with Gasteiger partial charge in [-0.05, 0) is 48.7 Å². The van der Waals surface area contributed by atoms with Crippen LogP contribution in [0.15, 0.2) is 54.6 Å². The minimum atomic E-state index is -0.379. The van der Waals surface area contributed by atoms with Crippen LogP contribution in [0.2, 0.25) is 0 Å². The summed E-state index contributed by atoms with van der Waals surface area (Å²) in [5, 5.41) is 3.58. The van der Waals surface area contributed by atoms with Crippen LogP contribution in [-0.4, -0.2) is 71.8 Å². The van der Waals surface area contributed by atoms with Crippen LogP contribution in [-0.2, 0) is 4.79 Å². The number of urea groups is 1. The number of benzene rings is 2. The molecule has 5 rings (SSSR count). The number of ether oxygens (including phenoxy) is 1. The standard InChI is InChI=1S/C26H33N5O3/c1-4-5-15-29-24(32)22-23(28(3)26(29)33)27-25-30(16-18(2)17-31(22)25)19-11-13-21(14-12-19)34-20-9-7-6-8-10-20/h6-14,18,22-23,25,27H,4-5,15-17H2,1-3H3. The summed E-state index contributed by atoms with van der Waals surface area (Å²) < 4.78 is 5.95. The molecule has 0 radical (unpaired) electrons. The molecule has 0 aliphatic carbocycles. The van der Waals surface area contributed by atoms with E-state index in [4.69, 9.17) is 4.74 Å². The van der Waals surface area contributed by atoms with Gasteiger partial charge in [0.05, 0.1) is 0 Å². The van der Waals surface area contributed by atoms with E-state index in [0.29, 0.717) is 12.5 Å².